The molecule has 2 heterocycles. The molecule has 7 nitrogen and oxygen atoms in total. The molecule has 1 aromatic carbocycles. The van der Waals surface area contributed by atoms with Gasteiger partial charge in [0.15, 0.2) is 5.82 Å². The van der Waals surface area contributed by atoms with Gasteiger partial charge in [0.25, 0.3) is 0 Å². The number of benzene rings is 1. The molecule has 31 heavy (non-hydrogen) atoms. The molecular weight excluding hydrogens is 408 g/mol. The zero-order valence-corrected chi connectivity index (χ0v) is 16.9. The van der Waals surface area contributed by atoms with Crippen molar-refractivity contribution in [2.45, 2.75) is 44.7 Å². The van der Waals surface area contributed by atoms with Crippen molar-refractivity contribution < 1.29 is 23.5 Å². The standard InChI is InChI=1S/C22H21F2N3O4/c1-10(28)25-17-5-2-11-7-26(8-14(11)17)20-16(23)6-13-19(18(20)24)27(12-3-4-12)9-15(21(13)29)22(30)31/h6,9,12,17H,2-5,7-8H2,1H3,(H,25,28)(H,30,31). The molecule has 1 fully saturated rings. The predicted octanol–water partition coefficient (Wildman–Crippen LogP) is 2.73. The van der Waals surface area contributed by atoms with Gasteiger partial charge in [0.05, 0.1) is 16.9 Å². The highest BCUT2D eigenvalue weighted by Crippen LogP contribution is 2.41. The number of halogens is 2. The molecular formula is C22H21F2N3O4. The number of hydrogen-bond donors (Lipinski definition) is 2. The van der Waals surface area contributed by atoms with Gasteiger partial charge in [-0.1, -0.05) is 0 Å². The van der Waals surface area contributed by atoms with E-state index in [9.17, 15) is 19.5 Å². The lowest BCUT2D eigenvalue weighted by molar-refractivity contribution is -0.119. The zero-order valence-electron chi connectivity index (χ0n) is 16.9. The van der Waals surface area contributed by atoms with Gasteiger partial charge in [0.2, 0.25) is 11.3 Å². The number of fused-ring (bicyclic) bond motifs is 1. The molecule has 0 saturated heterocycles. The molecule has 162 valence electrons. The molecule has 2 N–H and O–H groups in total. The fraction of sp³-hybridized carbons (Fsp3) is 0.409. The monoisotopic (exact) mass is 429 g/mol. The number of aromatic carboxylic acids is 1. The van der Waals surface area contributed by atoms with E-state index in [1.54, 1.807) is 4.90 Å². The van der Waals surface area contributed by atoms with Crippen LogP contribution < -0.4 is 15.6 Å². The Morgan fingerprint density at radius 2 is 1.94 bits per heavy atom. The summed E-state index contributed by atoms with van der Waals surface area (Å²) in [5.41, 5.74) is 0.385. The number of nitrogens with one attached hydrogen (secondary N) is 1. The van der Waals surface area contributed by atoms with Crippen molar-refractivity contribution >= 4 is 28.5 Å². The molecule has 1 unspecified atom stereocenters. The molecule has 1 aromatic heterocycles. The number of carboxylic acids is 1. The second-order valence-electron chi connectivity index (χ2n) is 8.51. The second-order valence-corrected chi connectivity index (χ2v) is 8.51. The van der Waals surface area contributed by atoms with Crippen LogP contribution in [-0.4, -0.2) is 40.7 Å². The van der Waals surface area contributed by atoms with Crippen LogP contribution in [0.25, 0.3) is 10.9 Å². The molecule has 1 amide bonds. The van der Waals surface area contributed by atoms with Crippen molar-refractivity contribution in [3.63, 3.8) is 0 Å². The van der Waals surface area contributed by atoms with E-state index in [-0.39, 0.29) is 34.6 Å². The van der Waals surface area contributed by atoms with Gasteiger partial charge in [0.1, 0.15) is 17.1 Å². The smallest absolute Gasteiger partial charge is 0.341 e. The van der Waals surface area contributed by atoms with E-state index in [0.29, 0.717) is 13.1 Å². The van der Waals surface area contributed by atoms with E-state index in [1.807, 2.05) is 0 Å². The molecule has 0 spiro atoms. The van der Waals surface area contributed by atoms with Crippen LogP contribution in [0.2, 0.25) is 0 Å². The average molecular weight is 429 g/mol. The van der Waals surface area contributed by atoms with Gasteiger partial charge in [-0.3, -0.25) is 9.59 Å². The molecule has 1 saturated carbocycles. The maximum Gasteiger partial charge on any atom is 0.341 e. The molecule has 0 radical (unpaired) electrons. The Bertz CT molecular complexity index is 1250. The van der Waals surface area contributed by atoms with Crippen molar-refractivity contribution in [1.82, 2.24) is 9.88 Å². The largest absolute Gasteiger partial charge is 0.477 e. The summed E-state index contributed by atoms with van der Waals surface area (Å²) in [7, 11) is 0. The molecule has 3 aliphatic rings. The summed E-state index contributed by atoms with van der Waals surface area (Å²) in [4.78, 5) is 37.2. The summed E-state index contributed by atoms with van der Waals surface area (Å²) < 4.78 is 32.3. The summed E-state index contributed by atoms with van der Waals surface area (Å²) in [5, 5.41) is 12.0. The van der Waals surface area contributed by atoms with Crippen molar-refractivity contribution in [2.75, 3.05) is 18.0 Å². The van der Waals surface area contributed by atoms with Crippen LogP contribution in [0.15, 0.2) is 28.2 Å². The molecule has 0 bridgehead atoms. The minimum atomic E-state index is -1.42. The van der Waals surface area contributed by atoms with Crippen molar-refractivity contribution in [2.24, 2.45) is 0 Å². The normalized spacial score (nSPS) is 20.5. The highest BCUT2D eigenvalue weighted by molar-refractivity contribution is 5.94. The summed E-state index contributed by atoms with van der Waals surface area (Å²) in [5.74, 6) is -3.32. The van der Waals surface area contributed by atoms with Crippen LogP contribution in [0.4, 0.5) is 14.5 Å². The van der Waals surface area contributed by atoms with E-state index in [2.05, 4.69) is 5.32 Å². The summed E-state index contributed by atoms with van der Waals surface area (Å²) in [6.07, 6.45) is 4.18. The van der Waals surface area contributed by atoms with Gasteiger partial charge in [-0.25, -0.2) is 13.6 Å². The van der Waals surface area contributed by atoms with Gasteiger partial charge in [0, 0.05) is 32.3 Å². The number of nitrogens with zero attached hydrogens (tertiary/aromatic N) is 2. The number of aromatic nitrogens is 1. The Hall–Kier alpha value is -3.23. The maximum atomic E-state index is 15.7. The maximum absolute atomic E-state index is 15.7. The number of rotatable bonds is 4. The van der Waals surface area contributed by atoms with Gasteiger partial charge in [-0.05, 0) is 42.9 Å². The topological polar surface area (TPSA) is 91.6 Å². The Balaban J connectivity index is 1.61. The first-order valence-electron chi connectivity index (χ1n) is 10.3. The summed E-state index contributed by atoms with van der Waals surface area (Å²) in [6.45, 7) is 2.09. The number of amides is 1. The fourth-order valence-electron chi connectivity index (χ4n) is 4.87. The second kappa shape index (κ2) is 6.90. The molecule has 2 aliphatic carbocycles. The van der Waals surface area contributed by atoms with Gasteiger partial charge >= 0.3 is 5.97 Å². The van der Waals surface area contributed by atoms with E-state index in [1.165, 1.54) is 17.7 Å². The molecule has 1 atom stereocenters. The first kappa shape index (κ1) is 19.7. The minimum Gasteiger partial charge on any atom is -0.477 e. The summed E-state index contributed by atoms with van der Waals surface area (Å²) >= 11 is 0. The van der Waals surface area contributed by atoms with Crippen LogP contribution in [0.5, 0.6) is 0 Å². The lowest BCUT2D eigenvalue weighted by atomic mass is 10.1. The Kier molecular flexibility index (Phi) is 4.39. The van der Waals surface area contributed by atoms with Crippen LogP contribution in [-0.2, 0) is 4.79 Å². The number of carbonyl (C=O) groups is 2. The van der Waals surface area contributed by atoms with Gasteiger partial charge in [-0.2, -0.15) is 0 Å². The van der Waals surface area contributed by atoms with Crippen molar-refractivity contribution in [3.05, 3.63) is 50.8 Å². The van der Waals surface area contributed by atoms with Gasteiger partial charge < -0.3 is 19.9 Å². The van der Waals surface area contributed by atoms with Crippen LogP contribution in [0.1, 0.15) is 49.0 Å². The lowest BCUT2D eigenvalue weighted by Gasteiger charge is -2.25. The van der Waals surface area contributed by atoms with Gasteiger partial charge in [-0.15, -0.1) is 0 Å². The van der Waals surface area contributed by atoms with Crippen molar-refractivity contribution in [1.29, 1.82) is 0 Å². The quantitative estimate of drug-likeness (QED) is 0.730. The number of hydrogen-bond acceptors (Lipinski definition) is 4. The molecule has 2 aromatic rings. The SMILES string of the molecule is CC(=O)NC1CCC2=C1CN(c1c(F)cc3c(=O)c(C(=O)O)cn(C4CC4)c3c1F)C2. The number of carboxylic acid groups (broad SMARTS) is 1. The van der Waals surface area contributed by atoms with Crippen LogP contribution >= 0.6 is 0 Å². The lowest BCUT2D eigenvalue weighted by Crippen LogP contribution is -2.36. The average Bonchev–Trinajstić information content (AvgIpc) is 3.35. The van der Waals surface area contributed by atoms with E-state index >= 15 is 8.78 Å². The molecule has 1 aliphatic heterocycles. The van der Waals surface area contributed by atoms with E-state index in [0.717, 1.165) is 42.9 Å². The van der Waals surface area contributed by atoms with E-state index in [4.69, 9.17) is 0 Å². The Morgan fingerprint density at radius 1 is 1.19 bits per heavy atom. The molecule has 9 heteroatoms. The highest BCUT2D eigenvalue weighted by Gasteiger charge is 2.36. The number of carbonyl (C=O) groups excluding carboxylic acids is 1. The first-order chi connectivity index (χ1) is 14.8. The third-order valence-corrected chi connectivity index (χ3v) is 6.40. The fourth-order valence-corrected chi connectivity index (χ4v) is 4.87. The van der Waals surface area contributed by atoms with Crippen LogP contribution in [0.3, 0.4) is 0 Å². The van der Waals surface area contributed by atoms with Crippen molar-refractivity contribution in [3.8, 4) is 0 Å². The van der Waals surface area contributed by atoms with Crippen LogP contribution in [0, 0.1) is 11.6 Å². The molecule has 5 rings (SSSR count). The minimum absolute atomic E-state index is 0.0561. The first-order valence-corrected chi connectivity index (χ1v) is 10.3. The predicted molar refractivity (Wildman–Crippen MR) is 109 cm³/mol. The Morgan fingerprint density at radius 3 is 2.58 bits per heavy atom. The number of anilines is 1. The zero-order chi connectivity index (χ0) is 22.0. The third-order valence-electron chi connectivity index (χ3n) is 6.40. The summed E-state index contributed by atoms with van der Waals surface area (Å²) in [6, 6.07) is 0.711. The third kappa shape index (κ3) is 3.10. The Labute approximate surface area is 175 Å². The highest BCUT2D eigenvalue weighted by atomic mass is 19.1. The van der Waals surface area contributed by atoms with E-state index < -0.39 is 28.6 Å². The number of pyridine rings is 1.